The smallest absolute Gasteiger partial charge is 0.154 e. The molecule has 1 nitrogen and oxygen atoms in total. The molecule has 2 rings (SSSR count). The van der Waals surface area contributed by atoms with Crippen molar-refractivity contribution in [3.8, 4) is 0 Å². The molecule has 0 heterocycles. The molecular formula is C13H8BrFOS. The third kappa shape index (κ3) is 2.76. The van der Waals surface area contributed by atoms with Gasteiger partial charge in [-0.2, -0.15) is 0 Å². The van der Waals surface area contributed by atoms with Crippen LogP contribution in [0.5, 0.6) is 0 Å². The molecular weight excluding hydrogens is 303 g/mol. The van der Waals surface area contributed by atoms with Crippen molar-refractivity contribution < 1.29 is 9.18 Å². The van der Waals surface area contributed by atoms with Gasteiger partial charge in [-0.3, -0.25) is 4.79 Å². The van der Waals surface area contributed by atoms with Gasteiger partial charge in [0.2, 0.25) is 0 Å². The van der Waals surface area contributed by atoms with E-state index in [1.807, 2.05) is 24.3 Å². The number of benzene rings is 2. The van der Waals surface area contributed by atoms with Crippen molar-refractivity contribution in [3.05, 3.63) is 58.3 Å². The Morgan fingerprint density at radius 3 is 2.47 bits per heavy atom. The predicted molar refractivity (Wildman–Crippen MR) is 70.1 cm³/mol. The lowest BCUT2D eigenvalue weighted by atomic mass is 10.2. The second-order valence-electron chi connectivity index (χ2n) is 3.30. The van der Waals surface area contributed by atoms with Gasteiger partial charge in [0.1, 0.15) is 5.82 Å². The Morgan fingerprint density at radius 1 is 1.06 bits per heavy atom. The van der Waals surface area contributed by atoms with E-state index in [4.69, 9.17) is 0 Å². The Labute approximate surface area is 111 Å². The number of rotatable bonds is 3. The number of aldehydes is 1. The van der Waals surface area contributed by atoms with Crippen molar-refractivity contribution in [1.29, 1.82) is 0 Å². The normalized spacial score (nSPS) is 10.2. The highest BCUT2D eigenvalue weighted by atomic mass is 79.9. The first-order valence-corrected chi connectivity index (χ1v) is 6.49. The third-order valence-electron chi connectivity index (χ3n) is 2.19. The molecule has 0 saturated carbocycles. The lowest BCUT2D eigenvalue weighted by molar-refractivity contribution is 0.111. The molecule has 0 radical (unpaired) electrons. The standard InChI is InChI=1S/C13H8BrFOS/c14-10-4-1-2-6-13(10)17-12-7-3-5-11(15)9(12)8-16/h1-8H. The molecule has 0 aliphatic rings. The average molecular weight is 311 g/mol. The lowest BCUT2D eigenvalue weighted by Crippen LogP contribution is -1.90. The van der Waals surface area contributed by atoms with Gasteiger partial charge in [-0.25, -0.2) is 4.39 Å². The molecule has 0 bridgehead atoms. The fourth-order valence-electron chi connectivity index (χ4n) is 1.37. The Bertz CT molecular complexity index is 557. The zero-order valence-electron chi connectivity index (χ0n) is 8.69. The monoisotopic (exact) mass is 310 g/mol. The molecule has 2 aromatic rings. The minimum absolute atomic E-state index is 0.105. The van der Waals surface area contributed by atoms with E-state index in [0.29, 0.717) is 11.2 Å². The van der Waals surface area contributed by atoms with E-state index in [9.17, 15) is 9.18 Å². The summed E-state index contributed by atoms with van der Waals surface area (Å²) >= 11 is 4.78. The first-order chi connectivity index (χ1) is 8.22. The molecule has 2 aromatic carbocycles. The maximum absolute atomic E-state index is 13.4. The van der Waals surface area contributed by atoms with Gasteiger partial charge >= 0.3 is 0 Å². The number of carbonyl (C=O) groups excluding carboxylic acids is 1. The minimum Gasteiger partial charge on any atom is -0.298 e. The van der Waals surface area contributed by atoms with Gasteiger partial charge in [0, 0.05) is 14.3 Å². The van der Waals surface area contributed by atoms with Crippen molar-refractivity contribution in [1.82, 2.24) is 0 Å². The molecule has 0 aliphatic carbocycles. The highest BCUT2D eigenvalue weighted by Crippen LogP contribution is 2.35. The Morgan fingerprint density at radius 2 is 1.76 bits per heavy atom. The molecule has 0 fully saturated rings. The second kappa shape index (κ2) is 5.47. The van der Waals surface area contributed by atoms with Crippen LogP contribution in [-0.4, -0.2) is 6.29 Å². The van der Waals surface area contributed by atoms with Gasteiger partial charge in [-0.1, -0.05) is 30.0 Å². The second-order valence-corrected chi connectivity index (χ2v) is 5.24. The quantitative estimate of drug-likeness (QED) is 0.773. The summed E-state index contributed by atoms with van der Waals surface area (Å²) in [7, 11) is 0. The van der Waals surface area contributed by atoms with Gasteiger partial charge in [-0.15, -0.1) is 0 Å². The predicted octanol–water partition coefficient (Wildman–Crippen LogP) is 4.55. The molecule has 0 amide bonds. The third-order valence-corrected chi connectivity index (χ3v) is 4.29. The Balaban J connectivity index is 2.40. The van der Waals surface area contributed by atoms with Crippen LogP contribution in [0.4, 0.5) is 4.39 Å². The highest BCUT2D eigenvalue weighted by molar-refractivity contribution is 9.10. The van der Waals surface area contributed by atoms with E-state index >= 15 is 0 Å². The molecule has 4 heteroatoms. The van der Waals surface area contributed by atoms with Gasteiger partial charge in [0.15, 0.2) is 6.29 Å². The van der Waals surface area contributed by atoms with Crippen molar-refractivity contribution >= 4 is 34.0 Å². The first kappa shape index (κ1) is 12.3. The zero-order valence-corrected chi connectivity index (χ0v) is 11.1. The van der Waals surface area contributed by atoms with Crippen molar-refractivity contribution in [2.75, 3.05) is 0 Å². The van der Waals surface area contributed by atoms with E-state index in [1.165, 1.54) is 17.8 Å². The molecule has 0 unspecified atom stereocenters. The van der Waals surface area contributed by atoms with Crippen LogP contribution in [0.2, 0.25) is 0 Å². The number of hydrogen-bond acceptors (Lipinski definition) is 2. The molecule has 0 saturated heterocycles. The molecule has 0 aliphatic heterocycles. The molecule has 0 N–H and O–H groups in total. The van der Waals surface area contributed by atoms with Crippen molar-refractivity contribution in [2.45, 2.75) is 9.79 Å². The topological polar surface area (TPSA) is 17.1 Å². The fraction of sp³-hybridized carbons (Fsp3) is 0. The van der Waals surface area contributed by atoms with Crippen LogP contribution in [0.15, 0.2) is 56.7 Å². The zero-order chi connectivity index (χ0) is 12.3. The summed E-state index contributed by atoms with van der Waals surface area (Å²) in [5.41, 5.74) is 0.105. The summed E-state index contributed by atoms with van der Waals surface area (Å²) in [6.07, 6.45) is 0.550. The van der Waals surface area contributed by atoms with Crippen LogP contribution >= 0.6 is 27.7 Å². The van der Waals surface area contributed by atoms with Gasteiger partial charge in [0.25, 0.3) is 0 Å². The number of carbonyl (C=O) groups is 1. The summed E-state index contributed by atoms with van der Waals surface area (Å²) in [6.45, 7) is 0. The maximum atomic E-state index is 13.4. The average Bonchev–Trinajstić information content (AvgIpc) is 2.32. The Hall–Kier alpha value is -1.13. The molecule has 0 spiro atoms. The molecule has 0 atom stereocenters. The fourth-order valence-corrected chi connectivity index (χ4v) is 2.85. The lowest BCUT2D eigenvalue weighted by Gasteiger charge is -2.06. The largest absolute Gasteiger partial charge is 0.298 e. The van der Waals surface area contributed by atoms with Crippen LogP contribution in [0.25, 0.3) is 0 Å². The van der Waals surface area contributed by atoms with Crippen molar-refractivity contribution in [2.24, 2.45) is 0 Å². The summed E-state index contributed by atoms with van der Waals surface area (Å²) in [6, 6.07) is 12.2. The van der Waals surface area contributed by atoms with Crippen molar-refractivity contribution in [3.63, 3.8) is 0 Å². The first-order valence-electron chi connectivity index (χ1n) is 4.88. The summed E-state index contributed by atoms with van der Waals surface area (Å²) in [5, 5.41) is 0. The minimum atomic E-state index is -0.489. The summed E-state index contributed by atoms with van der Waals surface area (Å²) in [4.78, 5) is 12.4. The van der Waals surface area contributed by atoms with Crippen LogP contribution < -0.4 is 0 Å². The van der Waals surface area contributed by atoms with Crippen LogP contribution in [0, 0.1) is 5.82 Å². The van der Waals surface area contributed by atoms with Crippen LogP contribution in [-0.2, 0) is 0 Å². The molecule has 86 valence electrons. The number of halogens is 2. The maximum Gasteiger partial charge on any atom is 0.154 e. The van der Waals surface area contributed by atoms with Crippen LogP contribution in [0.3, 0.4) is 0 Å². The van der Waals surface area contributed by atoms with E-state index < -0.39 is 5.82 Å². The van der Waals surface area contributed by atoms with E-state index in [-0.39, 0.29) is 5.56 Å². The van der Waals surface area contributed by atoms with E-state index in [1.54, 1.807) is 12.1 Å². The molecule has 0 aromatic heterocycles. The van der Waals surface area contributed by atoms with Gasteiger partial charge in [-0.05, 0) is 40.2 Å². The SMILES string of the molecule is O=Cc1c(F)cccc1Sc1ccccc1Br. The van der Waals surface area contributed by atoms with E-state index in [2.05, 4.69) is 15.9 Å². The van der Waals surface area contributed by atoms with Crippen LogP contribution in [0.1, 0.15) is 10.4 Å². The number of hydrogen-bond donors (Lipinski definition) is 0. The van der Waals surface area contributed by atoms with E-state index in [0.717, 1.165) is 9.37 Å². The Kier molecular flexibility index (Phi) is 3.97. The highest BCUT2D eigenvalue weighted by Gasteiger charge is 2.09. The molecule has 17 heavy (non-hydrogen) atoms. The summed E-state index contributed by atoms with van der Waals surface area (Å²) < 4.78 is 14.3. The van der Waals surface area contributed by atoms with Gasteiger partial charge in [0.05, 0.1) is 5.56 Å². The van der Waals surface area contributed by atoms with Gasteiger partial charge < -0.3 is 0 Å². The summed E-state index contributed by atoms with van der Waals surface area (Å²) in [5.74, 6) is -0.489.